The lowest BCUT2D eigenvalue weighted by Crippen LogP contribution is -2.35. The molecule has 0 saturated carbocycles. The number of amides is 3. The number of hydrogen-bond donors (Lipinski definition) is 2. The highest BCUT2D eigenvalue weighted by molar-refractivity contribution is 7.98. The highest BCUT2D eigenvalue weighted by Crippen LogP contribution is 2.24. The minimum Gasteiger partial charge on any atom is -0.497 e. The molecule has 1 aromatic rings. The molecule has 0 radical (unpaired) electrons. The van der Waals surface area contributed by atoms with Crippen LogP contribution in [0.5, 0.6) is 5.75 Å². The van der Waals surface area contributed by atoms with Crippen LogP contribution in [0.2, 0.25) is 0 Å². The van der Waals surface area contributed by atoms with Crippen molar-refractivity contribution in [1.29, 1.82) is 0 Å². The zero-order valence-electron chi connectivity index (χ0n) is 30.8. The molecule has 1 aliphatic rings. The standard InChI is InChI=1S/C15H24OS.C11H18N2O4.2C3H9N.C3H8/c1-13(7-5-4-6-12-17-3)14-8-10-15(16-2)11-9-14;1-8-7-10(16)13(11(8)17)5-3-9(15)12-4-2-6-14;2*1-4(2)3;1-3-2/h8-11,13H,4-7,12H2,1-3H3;8,14H,2-7H2,1H3,(H,12,15);2*1-3H3;3H2,1-2H3. The lowest BCUT2D eigenvalue weighted by molar-refractivity contribution is -0.139. The van der Waals surface area contributed by atoms with Gasteiger partial charge in [0, 0.05) is 38.5 Å². The Morgan fingerprint density at radius 3 is 1.98 bits per heavy atom. The van der Waals surface area contributed by atoms with Gasteiger partial charge in [-0.1, -0.05) is 59.1 Å². The molecule has 1 heterocycles. The van der Waals surface area contributed by atoms with Gasteiger partial charge in [0.2, 0.25) is 17.7 Å². The molecule has 2 rings (SSSR count). The molecule has 1 fully saturated rings. The predicted octanol–water partition coefficient (Wildman–Crippen LogP) is 5.76. The normalized spacial score (nSPS) is 14.2. The maximum Gasteiger partial charge on any atom is 0.232 e. The van der Waals surface area contributed by atoms with E-state index in [4.69, 9.17) is 9.84 Å². The molecule has 2 N–H and O–H groups in total. The Hall–Kier alpha value is -2.14. The number of carbonyl (C=O) groups is 3. The van der Waals surface area contributed by atoms with Gasteiger partial charge < -0.3 is 25.0 Å². The van der Waals surface area contributed by atoms with E-state index in [2.05, 4.69) is 56.6 Å². The van der Waals surface area contributed by atoms with Crippen LogP contribution in [0.4, 0.5) is 0 Å². The van der Waals surface area contributed by atoms with E-state index in [9.17, 15) is 14.4 Å². The van der Waals surface area contributed by atoms with Crippen molar-refractivity contribution in [3.63, 3.8) is 0 Å². The van der Waals surface area contributed by atoms with Crippen LogP contribution in [0, 0.1) is 5.92 Å². The number of imide groups is 1. The average molecular weight is 657 g/mol. The summed E-state index contributed by atoms with van der Waals surface area (Å²) in [4.78, 5) is 39.4. The molecular weight excluding hydrogens is 588 g/mol. The number of thioether (sulfide) groups is 1. The van der Waals surface area contributed by atoms with Crippen molar-refractivity contribution < 1.29 is 24.2 Å². The number of aliphatic hydroxyl groups is 1. The highest BCUT2D eigenvalue weighted by Gasteiger charge is 2.35. The number of nitrogens with zero attached hydrogens (tertiary/aromatic N) is 3. The van der Waals surface area contributed by atoms with Gasteiger partial charge in [0.1, 0.15) is 5.75 Å². The summed E-state index contributed by atoms with van der Waals surface area (Å²) in [6.07, 6.45) is 9.65. The Bertz CT molecular complexity index is 841. The third-order valence-electron chi connectivity index (χ3n) is 5.86. The molecule has 10 heteroatoms. The molecule has 0 bridgehead atoms. The quantitative estimate of drug-likeness (QED) is 0.193. The summed E-state index contributed by atoms with van der Waals surface area (Å²) in [5, 5.41) is 11.1. The summed E-state index contributed by atoms with van der Waals surface area (Å²) in [5.74, 6) is 2.04. The van der Waals surface area contributed by atoms with E-state index in [1.165, 1.54) is 43.4 Å². The first kappa shape index (κ1) is 47.3. The molecule has 0 spiro atoms. The molecule has 45 heavy (non-hydrogen) atoms. The zero-order valence-corrected chi connectivity index (χ0v) is 31.6. The number of benzene rings is 1. The van der Waals surface area contributed by atoms with E-state index in [-0.39, 0.29) is 49.6 Å². The SMILES string of the molecule is CC1CC(=O)N(CCC(=O)NCCCO)C1=O.CCC.CN(C)C.CN(C)C.COc1ccc(C(C)CCCCCSC)cc1. The number of nitrogens with one attached hydrogen (secondary N) is 1. The number of rotatable bonds is 14. The van der Waals surface area contributed by atoms with E-state index in [0.29, 0.717) is 18.9 Å². The fraction of sp³-hybridized carbons (Fsp3) is 0.743. The summed E-state index contributed by atoms with van der Waals surface area (Å²) < 4.78 is 5.17. The molecule has 1 aromatic carbocycles. The predicted molar refractivity (Wildman–Crippen MR) is 193 cm³/mol. The molecule has 2 atom stereocenters. The Morgan fingerprint density at radius 2 is 1.56 bits per heavy atom. The lowest BCUT2D eigenvalue weighted by atomic mass is 9.95. The van der Waals surface area contributed by atoms with Crippen LogP contribution in [-0.4, -0.2) is 119 Å². The van der Waals surface area contributed by atoms with Crippen LogP contribution in [0.1, 0.15) is 90.5 Å². The van der Waals surface area contributed by atoms with Gasteiger partial charge >= 0.3 is 0 Å². The summed E-state index contributed by atoms with van der Waals surface area (Å²) in [5.41, 5.74) is 1.43. The van der Waals surface area contributed by atoms with Crippen molar-refractivity contribution in [2.75, 3.05) is 81.1 Å². The molecule has 3 amide bonds. The van der Waals surface area contributed by atoms with Crippen LogP contribution in [-0.2, 0) is 14.4 Å². The average Bonchev–Trinajstić information content (AvgIpc) is 3.21. The van der Waals surface area contributed by atoms with Gasteiger partial charge in [-0.05, 0) is 97.2 Å². The van der Waals surface area contributed by atoms with E-state index in [1.807, 2.05) is 63.8 Å². The van der Waals surface area contributed by atoms with Crippen LogP contribution < -0.4 is 10.1 Å². The maximum absolute atomic E-state index is 11.5. The van der Waals surface area contributed by atoms with Crippen molar-refractivity contribution in [3.05, 3.63) is 29.8 Å². The van der Waals surface area contributed by atoms with Crippen LogP contribution in [0.3, 0.4) is 0 Å². The number of likely N-dealkylation sites (tertiary alicyclic amines) is 1. The molecule has 0 aromatic heterocycles. The van der Waals surface area contributed by atoms with Crippen LogP contribution in [0.25, 0.3) is 0 Å². The minimum absolute atomic E-state index is 0.0287. The fourth-order valence-electron chi connectivity index (χ4n) is 3.66. The van der Waals surface area contributed by atoms with Gasteiger partial charge in [0.05, 0.1) is 7.11 Å². The number of ether oxygens (including phenoxy) is 1. The van der Waals surface area contributed by atoms with Gasteiger partial charge in [-0.15, -0.1) is 0 Å². The number of methoxy groups -OCH3 is 1. The van der Waals surface area contributed by atoms with Gasteiger partial charge in [0.25, 0.3) is 0 Å². The Labute approximate surface area is 280 Å². The lowest BCUT2D eigenvalue weighted by Gasteiger charge is -2.13. The summed E-state index contributed by atoms with van der Waals surface area (Å²) in [6.45, 7) is 8.86. The smallest absolute Gasteiger partial charge is 0.232 e. The van der Waals surface area contributed by atoms with Gasteiger partial charge in [-0.3, -0.25) is 19.3 Å². The monoisotopic (exact) mass is 656 g/mol. The summed E-state index contributed by atoms with van der Waals surface area (Å²) in [6, 6.07) is 8.48. The molecule has 264 valence electrons. The molecule has 2 unspecified atom stereocenters. The number of hydrogen-bond acceptors (Lipinski definition) is 8. The second-order valence-electron chi connectivity index (χ2n) is 12.1. The zero-order chi connectivity index (χ0) is 35.2. The highest BCUT2D eigenvalue weighted by atomic mass is 32.2. The Kier molecular flexibility index (Phi) is 33.4. The van der Waals surface area contributed by atoms with E-state index in [0.717, 1.165) is 10.6 Å². The largest absolute Gasteiger partial charge is 0.497 e. The summed E-state index contributed by atoms with van der Waals surface area (Å²) in [7, 11) is 13.7. The first-order valence-corrected chi connectivity index (χ1v) is 17.7. The third kappa shape index (κ3) is 30.3. The molecular formula is C35H68N4O5S. The van der Waals surface area contributed by atoms with Gasteiger partial charge in [0.15, 0.2) is 0 Å². The summed E-state index contributed by atoms with van der Waals surface area (Å²) >= 11 is 1.95. The first-order chi connectivity index (χ1) is 21.2. The number of aliphatic hydroxyl groups excluding tert-OH is 1. The van der Waals surface area contributed by atoms with Crippen molar-refractivity contribution >= 4 is 29.5 Å². The molecule has 1 aliphatic heterocycles. The minimum atomic E-state index is -0.264. The van der Waals surface area contributed by atoms with Gasteiger partial charge in [-0.2, -0.15) is 11.8 Å². The number of unbranched alkanes of at least 4 members (excludes halogenated alkanes) is 2. The maximum atomic E-state index is 11.5. The van der Waals surface area contributed by atoms with E-state index >= 15 is 0 Å². The first-order valence-electron chi connectivity index (χ1n) is 16.3. The Morgan fingerprint density at radius 1 is 1.02 bits per heavy atom. The number of carbonyl (C=O) groups excluding carboxylic acids is 3. The third-order valence-corrected chi connectivity index (χ3v) is 6.56. The van der Waals surface area contributed by atoms with Crippen LogP contribution in [0.15, 0.2) is 24.3 Å². The van der Waals surface area contributed by atoms with Crippen molar-refractivity contribution in [3.8, 4) is 5.75 Å². The molecule has 1 saturated heterocycles. The topological polar surface area (TPSA) is 102 Å². The second kappa shape index (κ2) is 31.8. The Balaban J connectivity index is -0.000000591. The van der Waals surface area contributed by atoms with Crippen molar-refractivity contribution in [1.82, 2.24) is 20.0 Å². The van der Waals surface area contributed by atoms with E-state index in [1.54, 1.807) is 14.0 Å². The van der Waals surface area contributed by atoms with Crippen molar-refractivity contribution in [2.45, 2.75) is 85.0 Å². The molecule has 0 aliphatic carbocycles. The van der Waals surface area contributed by atoms with Crippen molar-refractivity contribution in [2.24, 2.45) is 5.92 Å². The van der Waals surface area contributed by atoms with Gasteiger partial charge in [-0.25, -0.2) is 0 Å². The van der Waals surface area contributed by atoms with Crippen LogP contribution >= 0.6 is 11.8 Å². The molecule has 9 nitrogen and oxygen atoms in total. The fourth-order valence-corrected chi connectivity index (χ4v) is 4.16. The van der Waals surface area contributed by atoms with E-state index < -0.39 is 0 Å². The second-order valence-corrected chi connectivity index (χ2v) is 13.1.